The highest BCUT2D eigenvalue weighted by molar-refractivity contribution is 9.10. The van der Waals surface area contributed by atoms with Crippen molar-refractivity contribution >= 4 is 21.9 Å². The topological polar surface area (TPSA) is 38.8 Å². The van der Waals surface area contributed by atoms with Crippen molar-refractivity contribution in [2.45, 2.75) is 32.9 Å². The van der Waals surface area contributed by atoms with Gasteiger partial charge in [0.05, 0.1) is 19.3 Å². The molecule has 3 rings (SSSR count). The number of benzene rings is 1. The highest BCUT2D eigenvalue weighted by Gasteiger charge is 2.59. The molecule has 0 bridgehead atoms. The van der Waals surface area contributed by atoms with Crippen LogP contribution in [0.5, 0.6) is 0 Å². The molecule has 1 aliphatic heterocycles. The Morgan fingerprint density at radius 1 is 1.29 bits per heavy atom. The van der Waals surface area contributed by atoms with Gasteiger partial charge in [-0.2, -0.15) is 0 Å². The van der Waals surface area contributed by atoms with Gasteiger partial charge in [-0.1, -0.05) is 41.9 Å². The molecule has 0 N–H and O–H groups in total. The Bertz CT molecular complexity index is 572. The second kappa shape index (κ2) is 7.54. The van der Waals surface area contributed by atoms with Gasteiger partial charge in [0.2, 0.25) is 0 Å². The molecule has 5 atom stereocenters. The largest absolute Gasteiger partial charge is 0.466 e. The summed E-state index contributed by atoms with van der Waals surface area (Å²) in [5.41, 5.74) is 1.24. The normalized spacial score (nSPS) is 31.6. The van der Waals surface area contributed by atoms with Crippen molar-refractivity contribution in [3.63, 3.8) is 0 Å². The monoisotopic (exact) mass is 395 g/mol. The number of halogens is 1. The standard InChI is InChI=1S/C19H26BrNO3/c1-4-21(5-2)18-16(11-23-12(3)22)15-10-24-19(17(15)18)13-6-8-14(20)9-7-13/h6-9,15-19H,4-5,10-11H2,1-3H3/t15-,16+,17-,18-,19-/m0/s1. The van der Waals surface area contributed by atoms with E-state index in [0.717, 1.165) is 24.2 Å². The molecule has 1 aliphatic carbocycles. The maximum atomic E-state index is 11.2. The van der Waals surface area contributed by atoms with Crippen molar-refractivity contribution in [1.82, 2.24) is 4.90 Å². The van der Waals surface area contributed by atoms with Crippen LogP contribution in [-0.2, 0) is 14.3 Å². The maximum absolute atomic E-state index is 11.2. The van der Waals surface area contributed by atoms with E-state index < -0.39 is 0 Å². The molecule has 5 heteroatoms. The molecule has 0 spiro atoms. The average molecular weight is 396 g/mol. The summed E-state index contributed by atoms with van der Waals surface area (Å²) in [5.74, 6) is 1.13. The van der Waals surface area contributed by atoms with Crippen molar-refractivity contribution in [2.24, 2.45) is 17.8 Å². The van der Waals surface area contributed by atoms with Gasteiger partial charge >= 0.3 is 5.97 Å². The number of fused-ring (bicyclic) bond motifs is 1. The predicted molar refractivity (Wildman–Crippen MR) is 96.6 cm³/mol. The molecule has 0 amide bonds. The van der Waals surface area contributed by atoms with Gasteiger partial charge in [0.1, 0.15) is 0 Å². The summed E-state index contributed by atoms with van der Waals surface area (Å²) in [6.45, 7) is 9.16. The third-order valence-corrected chi connectivity index (χ3v) is 6.14. The number of nitrogens with zero attached hydrogens (tertiary/aromatic N) is 1. The lowest BCUT2D eigenvalue weighted by Gasteiger charge is -2.53. The van der Waals surface area contributed by atoms with Crippen LogP contribution in [0.2, 0.25) is 0 Å². The van der Waals surface area contributed by atoms with Crippen molar-refractivity contribution in [3.8, 4) is 0 Å². The van der Waals surface area contributed by atoms with E-state index in [9.17, 15) is 4.79 Å². The zero-order valence-electron chi connectivity index (χ0n) is 14.6. The van der Waals surface area contributed by atoms with Crippen LogP contribution in [0.1, 0.15) is 32.4 Å². The van der Waals surface area contributed by atoms with Gasteiger partial charge in [0, 0.05) is 29.3 Å². The minimum atomic E-state index is -0.194. The minimum Gasteiger partial charge on any atom is -0.466 e. The first kappa shape index (κ1) is 17.9. The summed E-state index contributed by atoms with van der Waals surface area (Å²) in [7, 11) is 0. The molecule has 1 aromatic carbocycles. The lowest BCUT2D eigenvalue weighted by atomic mass is 9.59. The zero-order chi connectivity index (χ0) is 17.3. The van der Waals surface area contributed by atoms with E-state index in [2.05, 4.69) is 58.9 Å². The summed E-state index contributed by atoms with van der Waals surface area (Å²) in [4.78, 5) is 13.7. The van der Waals surface area contributed by atoms with Crippen LogP contribution in [0.25, 0.3) is 0 Å². The van der Waals surface area contributed by atoms with Gasteiger partial charge in [-0.3, -0.25) is 4.79 Å². The fraction of sp³-hybridized carbons (Fsp3) is 0.632. The molecule has 132 valence electrons. The Morgan fingerprint density at radius 3 is 2.54 bits per heavy atom. The summed E-state index contributed by atoms with van der Waals surface area (Å²) in [5, 5.41) is 0. The van der Waals surface area contributed by atoms with E-state index in [4.69, 9.17) is 9.47 Å². The first-order valence-corrected chi connectivity index (χ1v) is 9.60. The molecule has 1 heterocycles. The van der Waals surface area contributed by atoms with E-state index in [-0.39, 0.29) is 12.1 Å². The molecular formula is C19H26BrNO3. The summed E-state index contributed by atoms with van der Waals surface area (Å²) in [6, 6.07) is 8.87. The molecule has 2 aliphatic rings. The fourth-order valence-electron chi connectivity index (χ4n) is 4.46. The molecule has 2 fully saturated rings. The van der Waals surface area contributed by atoms with Crippen LogP contribution >= 0.6 is 15.9 Å². The fourth-order valence-corrected chi connectivity index (χ4v) is 4.73. The molecule has 4 nitrogen and oxygen atoms in total. The van der Waals surface area contributed by atoms with Crippen LogP contribution in [0.15, 0.2) is 28.7 Å². The first-order valence-electron chi connectivity index (χ1n) is 8.81. The maximum Gasteiger partial charge on any atom is 0.302 e. The van der Waals surface area contributed by atoms with Gasteiger partial charge in [-0.15, -0.1) is 0 Å². The third kappa shape index (κ3) is 3.26. The predicted octanol–water partition coefficient (Wildman–Crippen LogP) is 3.66. The smallest absolute Gasteiger partial charge is 0.302 e. The molecule has 1 saturated carbocycles. The quantitative estimate of drug-likeness (QED) is 0.688. The van der Waals surface area contributed by atoms with E-state index >= 15 is 0 Å². The lowest BCUT2D eigenvalue weighted by Crippen LogP contribution is -2.61. The average Bonchev–Trinajstić information content (AvgIpc) is 2.92. The van der Waals surface area contributed by atoms with Gasteiger partial charge in [0.25, 0.3) is 0 Å². The third-order valence-electron chi connectivity index (χ3n) is 5.61. The van der Waals surface area contributed by atoms with Crippen molar-refractivity contribution < 1.29 is 14.3 Å². The Hall–Kier alpha value is -0.910. The second-order valence-electron chi connectivity index (χ2n) is 6.72. The van der Waals surface area contributed by atoms with Gasteiger partial charge < -0.3 is 14.4 Å². The molecule has 1 saturated heterocycles. The van der Waals surface area contributed by atoms with E-state index in [0.29, 0.717) is 30.4 Å². The SMILES string of the molecule is CCN(CC)[C@H]1[C@H](COC(C)=O)[C@@H]2CO[C@@H](c3ccc(Br)cc3)[C@@H]21. The highest BCUT2D eigenvalue weighted by Crippen LogP contribution is 2.55. The second-order valence-corrected chi connectivity index (χ2v) is 7.64. The van der Waals surface area contributed by atoms with Crippen LogP contribution < -0.4 is 0 Å². The number of carbonyl (C=O) groups is 1. The number of esters is 1. The van der Waals surface area contributed by atoms with E-state index in [1.165, 1.54) is 12.5 Å². The van der Waals surface area contributed by atoms with E-state index in [1.54, 1.807) is 0 Å². The number of hydrogen-bond acceptors (Lipinski definition) is 4. The highest BCUT2D eigenvalue weighted by atomic mass is 79.9. The van der Waals surface area contributed by atoms with Gasteiger partial charge in [0.15, 0.2) is 0 Å². The minimum absolute atomic E-state index is 0.141. The van der Waals surface area contributed by atoms with Crippen LogP contribution in [0.4, 0.5) is 0 Å². The molecule has 0 radical (unpaired) electrons. The molecular weight excluding hydrogens is 370 g/mol. The summed E-state index contributed by atoms with van der Waals surface area (Å²) >= 11 is 3.50. The van der Waals surface area contributed by atoms with Crippen LogP contribution in [-0.4, -0.2) is 43.2 Å². The molecule has 0 unspecified atom stereocenters. The molecule has 0 aromatic heterocycles. The number of carbonyl (C=O) groups excluding carboxylic acids is 1. The Labute approximate surface area is 152 Å². The Balaban J connectivity index is 1.80. The molecule has 24 heavy (non-hydrogen) atoms. The lowest BCUT2D eigenvalue weighted by molar-refractivity contribution is -0.149. The van der Waals surface area contributed by atoms with Crippen molar-refractivity contribution in [3.05, 3.63) is 34.3 Å². The number of hydrogen-bond donors (Lipinski definition) is 0. The van der Waals surface area contributed by atoms with Crippen LogP contribution in [0, 0.1) is 17.8 Å². The zero-order valence-corrected chi connectivity index (χ0v) is 16.2. The van der Waals surface area contributed by atoms with Crippen LogP contribution in [0.3, 0.4) is 0 Å². The Morgan fingerprint density at radius 2 is 1.96 bits per heavy atom. The van der Waals surface area contributed by atoms with E-state index in [1.807, 2.05) is 0 Å². The summed E-state index contributed by atoms with van der Waals surface area (Å²) in [6.07, 6.45) is 0.141. The van der Waals surface area contributed by atoms with Gasteiger partial charge in [-0.05, 0) is 36.7 Å². The molecule has 1 aromatic rings. The van der Waals surface area contributed by atoms with Gasteiger partial charge in [-0.25, -0.2) is 0 Å². The summed E-state index contributed by atoms with van der Waals surface area (Å²) < 4.78 is 12.6. The number of ether oxygens (including phenoxy) is 2. The van der Waals surface area contributed by atoms with Crippen molar-refractivity contribution in [2.75, 3.05) is 26.3 Å². The Kier molecular flexibility index (Phi) is 5.63. The first-order chi connectivity index (χ1) is 11.6. The number of rotatable bonds is 6. The van der Waals surface area contributed by atoms with Crippen molar-refractivity contribution in [1.29, 1.82) is 0 Å².